The normalized spacial score (nSPS) is 11.5. The largest absolute Gasteiger partial charge is 0.496 e. The van der Waals surface area contributed by atoms with Crippen LogP contribution in [0.4, 0.5) is 0 Å². The first-order valence-corrected chi connectivity index (χ1v) is 11.7. The van der Waals surface area contributed by atoms with Gasteiger partial charge in [0.15, 0.2) is 0 Å². The van der Waals surface area contributed by atoms with Gasteiger partial charge in [-0.25, -0.2) is 13.1 Å². The van der Waals surface area contributed by atoms with Crippen molar-refractivity contribution in [2.75, 3.05) is 41.9 Å². The molecule has 0 saturated heterocycles. The highest BCUT2D eigenvalue weighted by Crippen LogP contribution is 2.40. The first-order chi connectivity index (χ1) is 15.6. The van der Waals surface area contributed by atoms with Crippen molar-refractivity contribution in [2.45, 2.75) is 4.90 Å². The molecule has 3 aromatic rings. The molecule has 0 N–H and O–H groups in total. The predicted molar refractivity (Wildman–Crippen MR) is 126 cm³/mol. The van der Waals surface area contributed by atoms with Crippen molar-refractivity contribution in [1.29, 1.82) is 0 Å². The van der Waals surface area contributed by atoms with E-state index in [0.717, 1.165) is 4.31 Å². The van der Waals surface area contributed by atoms with Crippen molar-refractivity contribution < 1.29 is 22.7 Å². The zero-order valence-corrected chi connectivity index (χ0v) is 20.5. The summed E-state index contributed by atoms with van der Waals surface area (Å²) in [7, 11) is 3.22. The van der Waals surface area contributed by atoms with Crippen LogP contribution in [0.2, 0.25) is 5.02 Å². The fourth-order valence-electron chi connectivity index (χ4n) is 3.18. The number of carbonyl (C=O) groups is 1. The summed E-state index contributed by atoms with van der Waals surface area (Å²) in [5.41, 5.74) is 1.64. The molecule has 1 amide bonds. The van der Waals surface area contributed by atoms with E-state index in [-0.39, 0.29) is 23.1 Å². The van der Waals surface area contributed by atoms with Crippen LogP contribution in [0.5, 0.6) is 11.5 Å². The molecule has 0 radical (unpaired) electrons. The van der Waals surface area contributed by atoms with E-state index in [1.54, 1.807) is 49.2 Å². The van der Waals surface area contributed by atoms with E-state index >= 15 is 0 Å². The number of likely N-dealkylation sites (N-methyl/N-ethyl adjacent to an activating group) is 2. The second-order valence-corrected chi connectivity index (χ2v) is 9.75. The van der Waals surface area contributed by atoms with Crippen LogP contribution < -0.4 is 9.47 Å². The number of carbonyl (C=O) groups excluding carboxylic acids is 1. The molecule has 0 atom stereocenters. The summed E-state index contributed by atoms with van der Waals surface area (Å²) in [5.74, 6) is 0.112. The second kappa shape index (κ2) is 9.82. The van der Waals surface area contributed by atoms with Crippen LogP contribution in [-0.2, 0) is 14.8 Å². The molecule has 1 heterocycles. The summed E-state index contributed by atoms with van der Waals surface area (Å²) >= 11 is 6.37. The van der Waals surface area contributed by atoms with Crippen LogP contribution in [0, 0.1) is 0 Å². The molecular weight excluding hydrogens is 468 g/mol. The number of ether oxygens (including phenoxy) is 2. The predicted octanol–water partition coefficient (Wildman–Crippen LogP) is 2.92. The second-order valence-electron chi connectivity index (χ2n) is 7.33. The lowest BCUT2D eigenvalue weighted by Gasteiger charge is -2.22. The SMILES string of the molecule is COc1cc(OC)c(S(=O)(=O)N(C)CC(=O)N(C)C)cc1-c1ccnn1-c1ccccc1Cl. The van der Waals surface area contributed by atoms with Crippen molar-refractivity contribution in [3.63, 3.8) is 0 Å². The average Bonchev–Trinajstić information content (AvgIpc) is 3.27. The van der Waals surface area contributed by atoms with E-state index < -0.39 is 10.0 Å². The van der Waals surface area contributed by atoms with Gasteiger partial charge in [-0.1, -0.05) is 23.7 Å². The van der Waals surface area contributed by atoms with Gasteiger partial charge in [-0.3, -0.25) is 4.79 Å². The summed E-state index contributed by atoms with van der Waals surface area (Å²) < 4.78 is 40.3. The minimum Gasteiger partial charge on any atom is -0.496 e. The van der Waals surface area contributed by atoms with Gasteiger partial charge in [-0.2, -0.15) is 9.40 Å². The lowest BCUT2D eigenvalue weighted by atomic mass is 10.1. The van der Waals surface area contributed by atoms with Crippen LogP contribution in [0.3, 0.4) is 0 Å². The Kier molecular flexibility index (Phi) is 7.31. The summed E-state index contributed by atoms with van der Waals surface area (Å²) in [6, 6.07) is 11.8. The summed E-state index contributed by atoms with van der Waals surface area (Å²) in [6.07, 6.45) is 1.58. The number of para-hydroxylation sites is 1. The van der Waals surface area contributed by atoms with Crippen LogP contribution in [0.1, 0.15) is 0 Å². The Hall–Kier alpha value is -3.08. The highest BCUT2D eigenvalue weighted by molar-refractivity contribution is 7.89. The van der Waals surface area contributed by atoms with Crippen molar-refractivity contribution in [2.24, 2.45) is 0 Å². The third-order valence-electron chi connectivity index (χ3n) is 5.03. The van der Waals surface area contributed by atoms with Gasteiger partial charge in [-0.15, -0.1) is 0 Å². The van der Waals surface area contributed by atoms with Gasteiger partial charge >= 0.3 is 0 Å². The maximum atomic E-state index is 13.4. The van der Waals surface area contributed by atoms with Gasteiger partial charge in [0.1, 0.15) is 16.4 Å². The third kappa shape index (κ3) is 4.82. The maximum Gasteiger partial charge on any atom is 0.247 e. The van der Waals surface area contributed by atoms with Gasteiger partial charge in [-0.05, 0) is 24.3 Å². The minimum absolute atomic E-state index is 0.0866. The number of methoxy groups -OCH3 is 2. The fourth-order valence-corrected chi connectivity index (χ4v) is 4.67. The lowest BCUT2D eigenvalue weighted by Crippen LogP contribution is -2.37. The van der Waals surface area contributed by atoms with E-state index in [1.807, 2.05) is 6.07 Å². The zero-order valence-electron chi connectivity index (χ0n) is 18.9. The summed E-state index contributed by atoms with van der Waals surface area (Å²) in [4.78, 5) is 13.3. The number of halogens is 1. The quantitative estimate of drug-likeness (QED) is 0.480. The van der Waals surface area contributed by atoms with Crippen molar-refractivity contribution in [1.82, 2.24) is 19.0 Å². The molecular formula is C22H25ClN4O5S. The number of sulfonamides is 1. The van der Waals surface area contributed by atoms with E-state index in [9.17, 15) is 13.2 Å². The molecule has 0 bridgehead atoms. The Labute approximate surface area is 198 Å². The number of nitrogens with zero attached hydrogens (tertiary/aromatic N) is 4. The number of benzene rings is 2. The Morgan fingerprint density at radius 3 is 2.33 bits per heavy atom. The molecule has 33 heavy (non-hydrogen) atoms. The number of amides is 1. The molecule has 0 aliphatic heterocycles. The van der Waals surface area contributed by atoms with E-state index in [2.05, 4.69) is 5.10 Å². The molecule has 0 aliphatic rings. The van der Waals surface area contributed by atoms with Gasteiger partial charge in [0.25, 0.3) is 0 Å². The Balaban J connectivity index is 2.19. The van der Waals surface area contributed by atoms with Gasteiger partial charge < -0.3 is 14.4 Å². The summed E-state index contributed by atoms with van der Waals surface area (Å²) in [6.45, 7) is -0.322. The molecule has 11 heteroatoms. The summed E-state index contributed by atoms with van der Waals surface area (Å²) in [5, 5.41) is 4.84. The monoisotopic (exact) mass is 492 g/mol. The first kappa shape index (κ1) is 24.6. The smallest absolute Gasteiger partial charge is 0.247 e. The molecule has 3 rings (SSSR count). The molecule has 2 aromatic carbocycles. The van der Waals surface area contributed by atoms with Crippen LogP contribution in [-0.4, -0.2) is 75.2 Å². The van der Waals surface area contributed by atoms with Crippen LogP contribution in [0.25, 0.3) is 16.9 Å². The molecule has 0 fully saturated rings. The molecule has 0 aliphatic carbocycles. The molecule has 0 spiro atoms. The average molecular weight is 493 g/mol. The minimum atomic E-state index is -4.08. The maximum absolute atomic E-state index is 13.4. The fraction of sp³-hybridized carbons (Fsp3) is 0.273. The number of hydrogen-bond donors (Lipinski definition) is 0. The van der Waals surface area contributed by atoms with E-state index in [4.69, 9.17) is 21.1 Å². The highest BCUT2D eigenvalue weighted by atomic mass is 35.5. The molecule has 0 unspecified atom stereocenters. The molecule has 9 nitrogen and oxygen atoms in total. The standard InChI is InChI=1S/C22H25ClN4O5S/c1-25(2)22(28)14-26(3)33(29,30)21-12-15(19(31-4)13-20(21)32-5)17-10-11-24-27(17)18-9-7-6-8-16(18)23/h6-13H,14H2,1-5H3. The van der Waals surface area contributed by atoms with Crippen LogP contribution in [0.15, 0.2) is 53.6 Å². The van der Waals surface area contributed by atoms with Gasteiger partial charge in [0.2, 0.25) is 15.9 Å². The lowest BCUT2D eigenvalue weighted by molar-refractivity contribution is -0.128. The van der Waals surface area contributed by atoms with Gasteiger partial charge in [0.05, 0.1) is 43.4 Å². The topological polar surface area (TPSA) is 94.0 Å². The van der Waals surface area contributed by atoms with Crippen molar-refractivity contribution in [3.05, 3.63) is 53.7 Å². The zero-order chi connectivity index (χ0) is 24.3. The van der Waals surface area contributed by atoms with Crippen molar-refractivity contribution in [3.8, 4) is 28.4 Å². The molecule has 0 saturated carbocycles. The number of hydrogen-bond acceptors (Lipinski definition) is 6. The molecule has 1 aromatic heterocycles. The molecule has 176 valence electrons. The third-order valence-corrected chi connectivity index (χ3v) is 7.17. The Morgan fingerprint density at radius 1 is 1.06 bits per heavy atom. The van der Waals surface area contributed by atoms with Crippen molar-refractivity contribution >= 4 is 27.5 Å². The number of aromatic nitrogens is 2. The van der Waals surface area contributed by atoms with E-state index in [1.165, 1.54) is 38.3 Å². The Bertz CT molecular complexity index is 1270. The highest BCUT2D eigenvalue weighted by Gasteiger charge is 2.29. The van der Waals surface area contributed by atoms with Gasteiger partial charge in [0, 0.05) is 32.8 Å². The van der Waals surface area contributed by atoms with E-state index in [0.29, 0.717) is 27.7 Å². The van der Waals surface area contributed by atoms with Crippen LogP contribution >= 0.6 is 11.6 Å². The first-order valence-electron chi connectivity index (χ1n) is 9.83. The Morgan fingerprint density at radius 2 is 1.73 bits per heavy atom. The number of rotatable bonds is 8.